The molecular weight excluding hydrogens is 112 g/mol. The Labute approximate surface area is 53.6 Å². The van der Waals surface area contributed by atoms with Crippen LogP contribution in [0.25, 0.3) is 0 Å². The minimum atomic E-state index is 0. The Bertz CT molecular complexity index is 15.0. The van der Waals surface area contributed by atoms with Crippen molar-refractivity contribution in [1.82, 2.24) is 0 Å². The summed E-state index contributed by atoms with van der Waals surface area (Å²) in [6.45, 7) is 2.11. The van der Waals surface area contributed by atoms with Crippen LogP contribution in [0.1, 0.15) is 19.8 Å². The van der Waals surface area contributed by atoms with E-state index < -0.39 is 0 Å². The minimum Gasteiger partial charge on any atom is -0.237 e. The topological polar surface area (TPSA) is 19.9 Å². The van der Waals surface area contributed by atoms with Crippen molar-refractivity contribution in [3.8, 4) is 0 Å². The van der Waals surface area contributed by atoms with E-state index in [1.807, 2.05) is 6.92 Å². The third-order valence-electron chi connectivity index (χ3n) is 0.498. The van der Waals surface area contributed by atoms with Gasteiger partial charge < -0.3 is 0 Å². The van der Waals surface area contributed by atoms with Gasteiger partial charge >= 0.3 is 0 Å². The molecule has 0 amide bonds. The number of rotatable bonds is 2. The van der Waals surface area contributed by atoms with Gasteiger partial charge in [0, 0.05) is 21.7 Å². The largest absolute Gasteiger partial charge is 0.237 e. The summed E-state index contributed by atoms with van der Waals surface area (Å²) in [6.07, 6.45) is 1.86. The normalized spacial score (nSPS) is 7.00. The predicted octanol–water partition coefficient (Wildman–Crippen LogP) is 1.21. The molecule has 0 aliphatic carbocycles. The molecule has 0 aromatic heterocycles. The van der Waals surface area contributed by atoms with E-state index in [2.05, 4.69) is 0 Å². The van der Waals surface area contributed by atoms with Gasteiger partial charge in [0.05, 0.1) is 6.61 Å². The summed E-state index contributed by atoms with van der Waals surface area (Å²) in [5.74, 6) is 0. The van der Waals surface area contributed by atoms with Gasteiger partial charge in [-0.05, 0) is 6.42 Å². The molecule has 0 spiro atoms. The van der Waals surface area contributed by atoms with Gasteiger partial charge in [0.2, 0.25) is 0 Å². The van der Waals surface area contributed by atoms with E-state index in [0.29, 0.717) is 0 Å². The van der Waals surface area contributed by atoms with Crippen molar-refractivity contribution in [1.29, 1.82) is 0 Å². The fourth-order valence-corrected chi connectivity index (χ4v) is 0.144. The second-order valence-electron chi connectivity index (χ2n) is 1.06. The van der Waals surface area contributed by atoms with Crippen molar-refractivity contribution >= 4 is 0 Å². The van der Waals surface area contributed by atoms with Gasteiger partial charge in [0.15, 0.2) is 0 Å². The van der Waals surface area contributed by atoms with Crippen LogP contribution >= 0.6 is 0 Å². The van der Waals surface area contributed by atoms with Gasteiger partial charge in [-0.1, -0.05) is 13.3 Å². The molecular formula is C4H9OTi. The standard InChI is InChI=1S/C4H9O.Ti/c1-2-3-4-5;/h2-4H2,1H3;. The average molecular weight is 121 g/mol. The molecule has 0 aliphatic rings. The molecule has 1 radical (unpaired) electrons. The molecule has 0 bridgehead atoms. The Balaban J connectivity index is 0. The fraction of sp³-hybridized carbons (Fsp3) is 1.00. The smallest absolute Gasteiger partial charge is 0.0822 e. The number of unbranched alkanes of at least 4 members (excludes halogenated alkanes) is 1. The maximum absolute atomic E-state index is 9.53. The van der Waals surface area contributed by atoms with Crippen molar-refractivity contribution in [2.24, 2.45) is 0 Å². The van der Waals surface area contributed by atoms with Crippen molar-refractivity contribution < 1.29 is 26.8 Å². The zero-order valence-electron chi connectivity index (χ0n) is 4.03. The minimum absolute atomic E-state index is 0. The summed E-state index contributed by atoms with van der Waals surface area (Å²) in [7, 11) is 0. The molecule has 0 saturated heterocycles. The van der Waals surface area contributed by atoms with E-state index in [1.54, 1.807) is 0 Å². The third kappa shape index (κ3) is 8.82. The summed E-state index contributed by atoms with van der Waals surface area (Å²) >= 11 is 0. The Hall–Kier alpha value is 0.674. The fourth-order valence-electron chi connectivity index (χ4n) is 0.144. The van der Waals surface area contributed by atoms with Crippen molar-refractivity contribution in [2.45, 2.75) is 19.8 Å². The van der Waals surface area contributed by atoms with Gasteiger partial charge in [-0.25, -0.2) is 5.11 Å². The molecule has 35 valence electrons. The zero-order chi connectivity index (χ0) is 4.12. The molecule has 0 aromatic rings. The Kier molecular flexibility index (Phi) is 15.1. The van der Waals surface area contributed by atoms with Crippen LogP contribution in [-0.2, 0) is 26.8 Å². The second kappa shape index (κ2) is 9.18. The number of hydrogen-bond donors (Lipinski definition) is 0. The summed E-state index contributed by atoms with van der Waals surface area (Å²) in [5.41, 5.74) is 0. The van der Waals surface area contributed by atoms with Gasteiger partial charge in [-0.15, -0.1) is 0 Å². The van der Waals surface area contributed by atoms with Crippen molar-refractivity contribution in [3.63, 3.8) is 0 Å². The molecule has 0 heterocycles. The van der Waals surface area contributed by atoms with E-state index in [9.17, 15) is 5.11 Å². The molecule has 0 rings (SSSR count). The van der Waals surface area contributed by atoms with Gasteiger partial charge in [0.1, 0.15) is 0 Å². The number of hydrogen-bond acceptors (Lipinski definition) is 0. The first-order valence-corrected chi connectivity index (χ1v) is 2.00. The van der Waals surface area contributed by atoms with Crippen LogP contribution in [0.5, 0.6) is 0 Å². The van der Waals surface area contributed by atoms with Crippen LogP contribution in [0, 0.1) is 0 Å². The molecule has 1 nitrogen and oxygen atoms in total. The van der Waals surface area contributed by atoms with E-state index in [1.165, 1.54) is 0 Å². The third-order valence-corrected chi connectivity index (χ3v) is 0.498. The van der Waals surface area contributed by atoms with E-state index in [0.717, 1.165) is 12.8 Å². The Morgan fingerprint density at radius 3 is 2.00 bits per heavy atom. The Morgan fingerprint density at radius 1 is 1.50 bits per heavy atom. The quantitative estimate of drug-likeness (QED) is 0.489. The van der Waals surface area contributed by atoms with E-state index in [4.69, 9.17) is 0 Å². The summed E-state index contributed by atoms with van der Waals surface area (Å²) in [6, 6.07) is 0. The van der Waals surface area contributed by atoms with Crippen LogP contribution in [0.2, 0.25) is 0 Å². The first kappa shape index (κ1) is 9.84. The van der Waals surface area contributed by atoms with Gasteiger partial charge in [-0.2, -0.15) is 0 Å². The molecule has 0 atom stereocenters. The molecule has 2 heteroatoms. The van der Waals surface area contributed by atoms with E-state index in [-0.39, 0.29) is 28.3 Å². The molecule has 0 fully saturated rings. The van der Waals surface area contributed by atoms with Gasteiger partial charge in [0.25, 0.3) is 0 Å². The zero-order valence-corrected chi connectivity index (χ0v) is 5.59. The van der Waals surface area contributed by atoms with Crippen LogP contribution in [-0.4, -0.2) is 6.61 Å². The average Bonchev–Trinajstić information content (AvgIpc) is 1.41. The molecule has 0 N–H and O–H groups in total. The van der Waals surface area contributed by atoms with Crippen molar-refractivity contribution in [3.05, 3.63) is 0 Å². The predicted molar refractivity (Wildman–Crippen MR) is 20.5 cm³/mol. The first-order chi connectivity index (χ1) is 2.41. The maximum atomic E-state index is 9.53. The SMILES string of the molecule is CCCC[O].[Ti]. The van der Waals surface area contributed by atoms with Crippen LogP contribution in [0.3, 0.4) is 0 Å². The molecule has 0 aromatic carbocycles. The van der Waals surface area contributed by atoms with E-state index >= 15 is 0 Å². The summed E-state index contributed by atoms with van der Waals surface area (Å²) < 4.78 is 0. The summed E-state index contributed by atoms with van der Waals surface area (Å²) in [4.78, 5) is 0. The molecule has 0 unspecified atom stereocenters. The van der Waals surface area contributed by atoms with Crippen LogP contribution in [0.15, 0.2) is 0 Å². The van der Waals surface area contributed by atoms with Gasteiger partial charge in [-0.3, -0.25) is 0 Å². The second-order valence-corrected chi connectivity index (χ2v) is 1.06. The maximum Gasteiger partial charge on any atom is 0.0822 e. The molecule has 0 aliphatic heterocycles. The van der Waals surface area contributed by atoms with Crippen LogP contribution in [0.4, 0.5) is 0 Å². The van der Waals surface area contributed by atoms with Crippen molar-refractivity contribution in [2.75, 3.05) is 6.61 Å². The first-order valence-electron chi connectivity index (χ1n) is 2.00. The molecule has 6 heavy (non-hydrogen) atoms. The monoisotopic (exact) mass is 121 g/mol. The van der Waals surface area contributed by atoms with Crippen LogP contribution < -0.4 is 0 Å². The molecule has 0 saturated carbocycles. The Morgan fingerprint density at radius 2 is 2.00 bits per heavy atom. The summed E-state index contributed by atoms with van der Waals surface area (Å²) in [5, 5.41) is 9.53.